The first-order valence-electron chi connectivity index (χ1n) is 11.5. The standard InChI is InChI=1S/C27H37N3O3/c1-10-27(8,9)25(31)33-19(4)32-24(23-16-18(3)29-30(23)11-2)22(17-28)20-12-14-21(15-13-20)26(5,6)7/h12-16,19H,10-11H2,1-9H3/b24-22-. The van der Waals surface area contributed by atoms with Crippen LogP contribution >= 0.6 is 0 Å². The van der Waals surface area contributed by atoms with Gasteiger partial charge in [0.2, 0.25) is 6.29 Å². The molecule has 1 atom stereocenters. The number of hydrogen-bond donors (Lipinski definition) is 0. The Morgan fingerprint density at radius 1 is 1.12 bits per heavy atom. The second kappa shape index (κ2) is 10.2. The van der Waals surface area contributed by atoms with Gasteiger partial charge in [-0.2, -0.15) is 10.4 Å². The smallest absolute Gasteiger partial charge is 0.314 e. The molecule has 178 valence electrons. The van der Waals surface area contributed by atoms with Crippen molar-refractivity contribution in [3.63, 3.8) is 0 Å². The number of carbonyl (C=O) groups excluding carboxylic acids is 1. The summed E-state index contributed by atoms with van der Waals surface area (Å²) >= 11 is 0. The zero-order valence-corrected chi connectivity index (χ0v) is 21.4. The highest BCUT2D eigenvalue weighted by Gasteiger charge is 2.30. The minimum atomic E-state index is -0.879. The third-order valence-corrected chi connectivity index (χ3v) is 5.81. The van der Waals surface area contributed by atoms with Crippen molar-refractivity contribution in [2.45, 2.75) is 87.0 Å². The van der Waals surface area contributed by atoms with Gasteiger partial charge >= 0.3 is 5.97 Å². The van der Waals surface area contributed by atoms with E-state index in [4.69, 9.17) is 9.47 Å². The first-order valence-corrected chi connectivity index (χ1v) is 11.5. The van der Waals surface area contributed by atoms with Gasteiger partial charge in [-0.3, -0.25) is 9.48 Å². The zero-order chi connectivity index (χ0) is 25.0. The normalized spacial score (nSPS) is 13.7. The molecular formula is C27H37N3O3. The van der Waals surface area contributed by atoms with Crippen LogP contribution in [-0.2, 0) is 26.2 Å². The summed E-state index contributed by atoms with van der Waals surface area (Å²) in [4.78, 5) is 12.6. The monoisotopic (exact) mass is 451 g/mol. The molecule has 1 aromatic heterocycles. The van der Waals surface area contributed by atoms with Crippen LogP contribution in [0, 0.1) is 23.7 Å². The van der Waals surface area contributed by atoms with Crippen LogP contribution in [0.2, 0.25) is 0 Å². The Labute approximate surface area is 198 Å². The number of aromatic nitrogens is 2. The van der Waals surface area contributed by atoms with Gasteiger partial charge in [0, 0.05) is 13.5 Å². The van der Waals surface area contributed by atoms with Gasteiger partial charge in [-0.05, 0) is 56.7 Å². The van der Waals surface area contributed by atoms with Crippen molar-refractivity contribution < 1.29 is 14.3 Å². The van der Waals surface area contributed by atoms with Gasteiger partial charge in [-0.15, -0.1) is 0 Å². The molecule has 1 aromatic carbocycles. The Kier molecular flexibility index (Phi) is 8.13. The number of ether oxygens (including phenoxy) is 2. The molecule has 0 aliphatic carbocycles. The summed E-state index contributed by atoms with van der Waals surface area (Å²) in [6.45, 7) is 18.2. The van der Waals surface area contributed by atoms with E-state index < -0.39 is 11.7 Å². The molecule has 6 heteroatoms. The van der Waals surface area contributed by atoms with Crippen molar-refractivity contribution in [2.75, 3.05) is 0 Å². The van der Waals surface area contributed by atoms with E-state index in [9.17, 15) is 10.1 Å². The van der Waals surface area contributed by atoms with E-state index in [2.05, 4.69) is 31.9 Å². The van der Waals surface area contributed by atoms with Crippen molar-refractivity contribution in [2.24, 2.45) is 5.41 Å². The SMILES string of the molecule is CCn1nc(C)cc1/C(OC(C)OC(=O)C(C)(C)CC)=C(\C#N)c1ccc(C(C)(C)C)cc1. The van der Waals surface area contributed by atoms with Crippen LogP contribution < -0.4 is 0 Å². The topological polar surface area (TPSA) is 77.1 Å². The number of esters is 1. The highest BCUT2D eigenvalue weighted by Crippen LogP contribution is 2.32. The summed E-state index contributed by atoms with van der Waals surface area (Å²) in [7, 11) is 0. The lowest BCUT2D eigenvalue weighted by atomic mass is 9.86. The van der Waals surface area contributed by atoms with E-state index in [0.29, 0.717) is 30.0 Å². The van der Waals surface area contributed by atoms with E-state index in [1.165, 1.54) is 5.56 Å². The van der Waals surface area contributed by atoms with E-state index in [1.54, 1.807) is 11.6 Å². The van der Waals surface area contributed by atoms with Crippen molar-refractivity contribution in [3.8, 4) is 6.07 Å². The fraction of sp³-hybridized carbons (Fsp3) is 0.519. The highest BCUT2D eigenvalue weighted by atomic mass is 16.7. The van der Waals surface area contributed by atoms with Gasteiger partial charge in [0.25, 0.3) is 0 Å². The van der Waals surface area contributed by atoms with Crippen molar-refractivity contribution in [1.29, 1.82) is 5.26 Å². The maximum atomic E-state index is 12.6. The van der Waals surface area contributed by atoms with Gasteiger partial charge in [-0.25, -0.2) is 0 Å². The fourth-order valence-electron chi connectivity index (χ4n) is 3.24. The molecule has 2 aromatic rings. The number of rotatable bonds is 8. The lowest BCUT2D eigenvalue weighted by Crippen LogP contribution is -2.30. The van der Waals surface area contributed by atoms with Gasteiger partial charge < -0.3 is 9.47 Å². The lowest BCUT2D eigenvalue weighted by Gasteiger charge is -2.25. The van der Waals surface area contributed by atoms with Crippen LogP contribution in [-0.4, -0.2) is 22.0 Å². The summed E-state index contributed by atoms with van der Waals surface area (Å²) < 4.78 is 13.5. The Morgan fingerprint density at radius 3 is 2.21 bits per heavy atom. The minimum absolute atomic E-state index is 0.00111. The Bertz CT molecular complexity index is 1050. The van der Waals surface area contributed by atoms with Crippen molar-refractivity contribution >= 4 is 17.3 Å². The average Bonchev–Trinajstić information content (AvgIpc) is 3.13. The summed E-state index contributed by atoms with van der Waals surface area (Å²) in [5.41, 5.74) is 3.13. The van der Waals surface area contributed by atoms with Crippen LogP contribution in [0.3, 0.4) is 0 Å². The number of benzene rings is 1. The maximum Gasteiger partial charge on any atom is 0.314 e. The van der Waals surface area contributed by atoms with Crippen LogP contribution in [0.5, 0.6) is 0 Å². The van der Waals surface area contributed by atoms with Crippen molar-refractivity contribution in [1.82, 2.24) is 9.78 Å². The first kappa shape index (κ1) is 26.2. The number of allylic oxidation sites excluding steroid dienone is 1. The molecule has 1 heterocycles. The number of nitrogens with zero attached hydrogens (tertiary/aromatic N) is 3. The number of aryl methyl sites for hydroxylation is 2. The molecule has 0 radical (unpaired) electrons. The quantitative estimate of drug-likeness (QED) is 0.205. The van der Waals surface area contributed by atoms with E-state index in [0.717, 1.165) is 11.3 Å². The van der Waals surface area contributed by atoms with Crippen molar-refractivity contribution in [3.05, 3.63) is 52.8 Å². The molecule has 0 amide bonds. The maximum absolute atomic E-state index is 12.6. The zero-order valence-electron chi connectivity index (χ0n) is 21.4. The van der Waals surface area contributed by atoms with Crippen LogP contribution in [0.1, 0.15) is 84.3 Å². The molecule has 0 N–H and O–H groups in total. The third kappa shape index (κ3) is 6.25. The predicted molar refractivity (Wildman–Crippen MR) is 131 cm³/mol. The molecule has 0 spiro atoms. The minimum Gasteiger partial charge on any atom is -0.451 e. The van der Waals surface area contributed by atoms with Gasteiger partial charge in [0.15, 0.2) is 5.76 Å². The second-order valence-corrected chi connectivity index (χ2v) is 9.96. The van der Waals surface area contributed by atoms with E-state index in [1.807, 2.05) is 65.0 Å². The molecule has 0 aliphatic heterocycles. The van der Waals surface area contributed by atoms with Gasteiger partial charge in [0.1, 0.15) is 17.3 Å². The number of carbonyl (C=O) groups is 1. The number of hydrogen-bond acceptors (Lipinski definition) is 5. The molecule has 1 unspecified atom stereocenters. The summed E-state index contributed by atoms with van der Waals surface area (Å²) in [5.74, 6) is 0.00290. The molecule has 0 saturated carbocycles. The van der Waals surface area contributed by atoms with Crippen LogP contribution in [0.15, 0.2) is 30.3 Å². The molecule has 2 rings (SSSR count). The fourth-order valence-corrected chi connectivity index (χ4v) is 3.24. The molecule has 0 bridgehead atoms. The predicted octanol–water partition coefficient (Wildman–Crippen LogP) is 6.24. The molecule has 0 aliphatic rings. The van der Waals surface area contributed by atoms with Gasteiger partial charge in [-0.1, -0.05) is 52.0 Å². The molecule has 0 fully saturated rings. The number of nitriles is 1. The average molecular weight is 452 g/mol. The Morgan fingerprint density at radius 2 is 1.73 bits per heavy atom. The molecule has 6 nitrogen and oxygen atoms in total. The van der Waals surface area contributed by atoms with Crippen LogP contribution in [0.4, 0.5) is 0 Å². The second-order valence-electron chi connectivity index (χ2n) is 9.96. The summed E-state index contributed by atoms with van der Waals surface area (Å²) in [6, 6.07) is 12.1. The molecule has 33 heavy (non-hydrogen) atoms. The first-order chi connectivity index (χ1) is 15.3. The highest BCUT2D eigenvalue weighted by molar-refractivity contribution is 5.94. The lowest BCUT2D eigenvalue weighted by molar-refractivity contribution is -0.174. The Balaban J connectivity index is 2.57. The van der Waals surface area contributed by atoms with E-state index in [-0.39, 0.29) is 11.4 Å². The van der Waals surface area contributed by atoms with E-state index >= 15 is 0 Å². The Hall–Kier alpha value is -3.07. The molecule has 0 saturated heterocycles. The summed E-state index contributed by atoms with van der Waals surface area (Å²) in [5, 5.41) is 14.7. The van der Waals surface area contributed by atoms with Crippen LogP contribution in [0.25, 0.3) is 11.3 Å². The largest absolute Gasteiger partial charge is 0.451 e. The molecular weight excluding hydrogens is 414 g/mol. The third-order valence-electron chi connectivity index (χ3n) is 5.81. The van der Waals surface area contributed by atoms with Gasteiger partial charge in [0.05, 0.1) is 11.1 Å². The summed E-state index contributed by atoms with van der Waals surface area (Å²) in [6.07, 6.45) is -0.233.